The Balaban J connectivity index is 2.16. The first kappa shape index (κ1) is 14.2. The molecule has 0 aliphatic rings. The molecule has 2 aromatic rings. The highest BCUT2D eigenvalue weighted by atomic mass is 32.2. The maximum Gasteiger partial charge on any atom is 0.0232 e. The molecule has 0 aliphatic heterocycles. The summed E-state index contributed by atoms with van der Waals surface area (Å²) in [6.07, 6.45) is 0. The Morgan fingerprint density at radius 2 is 1.63 bits per heavy atom. The molecule has 0 amide bonds. The Morgan fingerprint density at radius 3 is 2.26 bits per heavy atom. The van der Waals surface area contributed by atoms with Gasteiger partial charge in [-0.1, -0.05) is 63.2 Å². The first-order valence-electron chi connectivity index (χ1n) is 6.75. The van der Waals surface area contributed by atoms with Crippen molar-refractivity contribution in [2.75, 3.05) is 0 Å². The maximum absolute atomic E-state index is 2.35. The monoisotopic (exact) mass is 270 g/mol. The largest absolute Gasteiger partial charge is 0.121 e. The highest BCUT2D eigenvalue weighted by Crippen LogP contribution is 2.31. The molecule has 100 valence electrons. The van der Waals surface area contributed by atoms with E-state index >= 15 is 0 Å². The minimum absolute atomic E-state index is 0.218. The Hall–Kier alpha value is -1.21. The Kier molecular flexibility index (Phi) is 4.36. The van der Waals surface area contributed by atoms with Crippen LogP contribution in [0, 0.1) is 6.92 Å². The summed E-state index contributed by atoms with van der Waals surface area (Å²) in [6.45, 7) is 9.00. The van der Waals surface area contributed by atoms with Gasteiger partial charge in [-0.05, 0) is 35.1 Å². The summed E-state index contributed by atoms with van der Waals surface area (Å²) in [5, 5.41) is 0. The summed E-state index contributed by atoms with van der Waals surface area (Å²) < 4.78 is 0. The minimum atomic E-state index is 0.218. The molecule has 0 heterocycles. The third-order valence-electron chi connectivity index (χ3n) is 3.29. The van der Waals surface area contributed by atoms with E-state index in [0.29, 0.717) is 0 Å². The lowest BCUT2D eigenvalue weighted by Crippen LogP contribution is -2.11. The van der Waals surface area contributed by atoms with E-state index in [1.165, 1.54) is 21.6 Å². The fourth-order valence-electron chi connectivity index (χ4n) is 1.96. The Morgan fingerprint density at radius 1 is 0.947 bits per heavy atom. The number of aryl methyl sites for hydroxylation is 1. The van der Waals surface area contributed by atoms with E-state index < -0.39 is 0 Å². The summed E-state index contributed by atoms with van der Waals surface area (Å²) in [6, 6.07) is 17.5. The van der Waals surface area contributed by atoms with Crippen molar-refractivity contribution < 1.29 is 0 Å². The molecule has 0 saturated carbocycles. The van der Waals surface area contributed by atoms with Crippen LogP contribution in [0.1, 0.15) is 37.5 Å². The van der Waals surface area contributed by atoms with Crippen molar-refractivity contribution in [3.8, 4) is 0 Å². The molecule has 0 unspecified atom stereocenters. The molecule has 0 N–H and O–H groups in total. The van der Waals surface area contributed by atoms with Crippen molar-refractivity contribution in [1.29, 1.82) is 0 Å². The van der Waals surface area contributed by atoms with Crippen molar-refractivity contribution in [2.24, 2.45) is 0 Å². The Bertz CT molecular complexity index is 535. The van der Waals surface area contributed by atoms with Gasteiger partial charge in [0, 0.05) is 10.6 Å². The van der Waals surface area contributed by atoms with E-state index in [9.17, 15) is 0 Å². The van der Waals surface area contributed by atoms with E-state index in [1.807, 2.05) is 11.8 Å². The van der Waals surface area contributed by atoms with Crippen LogP contribution in [-0.2, 0) is 11.2 Å². The molecular weight excluding hydrogens is 248 g/mol. The van der Waals surface area contributed by atoms with Crippen molar-refractivity contribution in [3.05, 3.63) is 65.2 Å². The van der Waals surface area contributed by atoms with Gasteiger partial charge in [0.25, 0.3) is 0 Å². The highest BCUT2D eigenvalue weighted by Gasteiger charge is 2.14. The first-order valence-corrected chi connectivity index (χ1v) is 7.73. The molecule has 0 saturated heterocycles. The van der Waals surface area contributed by atoms with Gasteiger partial charge in [0.2, 0.25) is 0 Å². The van der Waals surface area contributed by atoms with Gasteiger partial charge in [-0.15, -0.1) is 11.8 Å². The predicted molar refractivity (Wildman–Crippen MR) is 85.9 cm³/mol. The fourth-order valence-corrected chi connectivity index (χ4v) is 2.98. The summed E-state index contributed by atoms with van der Waals surface area (Å²) in [7, 11) is 0. The van der Waals surface area contributed by atoms with Crippen LogP contribution < -0.4 is 0 Å². The molecule has 1 heteroatoms. The number of rotatable bonds is 3. The molecule has 0 atom stereocenters. The molecule has 0 fully saturated rings. The minimum Gasteiger partial charge on any atom is -0.121 e. The van der Waals surface area contributed by atoms with Gasteiger partial charge in [0.1, 0.15) is 0 Å². The van der Waals surface area contributed by atoms with Gasteiger partial charge < -0.3 is 0 Å². The van der Waals surface area contributed by atoms with E-state index in [-0.39, 0.29) is 5.41 Å². The summed E-state index contributed by atoms with van der Waals surface area (Å²) in [5.74, 6) is 1.04. The fraction of sp³-hybridized carbons (Fsp3) is 0.333. The van der Waals surface area contributed by atoms with Gasteiger partial charge in [-0.2, -0.15) is 0 Å². The second-order valence-electron chi connectivity index (χ2n) is 6.00. The second-order valence-corrected chi connectivity index (χ2v) is 7.02. The van der Waals surface area contributed by atoms with Crippen LogP contribution in [-0.4, -0.2) is 0 Å². The van der Waals surface area contributed by atoms with E-state index in [0.717, 1.165) is 5.75 Å². The summed E-state index contributed by atoms with van der Waals surface area (Å²) in [5.41, 5.74) is 4.38. The van der Waals surface area contributed by atoms with Gasteiger partial charge in [-0.3, -0.25) is 0 Å². The van der Waals surface area contributed by atoms with Gasteiger partial charge in [0.05, 0.1) is 0 Å². The molecule has 0 bridgehead atoms. The second kappa shape index (κ2) is 5.83. The van der Waals surface area contributed by atoms with Crippen LogP contribution in [0.25, 0.3) is 0 Å². The van der Waals surface area contributed by atoms with Crippen LogP contribution in [0.3, 0.4) is 0 Å². The highest BCUT2D eigenvalue weighted by molar-refractivity contribution is 7.98. The number of benzene rings is 2. The molecule has 0 aliphatic carbocycles. The van der Waals surface area contributed by atoms with Crippen molar-refractivity contribution >= 4 is 11.8 Å². The Labute approximate surface area is 121 Å². The van der Waals surface area contributed by atoms with Crippen molar-refractivity contribution in [2.45, 2.75) is 43.8 Å². The molecule has 0 aromatic heterocycles. The zero-order valence-corrected chi connectivity index (χ0v) is 13.1. The molecule has 0 nitrogen and oxygen atoms in total. The first-order chi connectivity index (χ1) is 8.97. The smallest absolute Gasteiger partial charge is 0.0232 e. The quantitative estimate of drug-likeness (QED) is 0.656. The van der Waals surface area contributed by atoms with Crippen LogP contribution in [0.2, 0.25) is 0 Å². The van der Waals surface area contributed by atoms with Crippen LogP contribution in [0.5, 0.6) is 0 Å². The SMILES string of the molecule is Cc1ccc(C(C)(C)C)cc1SCc1ccccc1. The van der Waals surface area contributed by atoms with E-state index in [1.54, 1.807) is 0 Å². The lowest BCUT2D eigenvalue weighted by molar-refractivity contribution is 0.588. The molecule has 19 heavy (non-hydrogen) atoms. The third-order valence-corrected chi connectivity index (χ3v) is 4.52. The van der Waals surface area contributed by atoms with Gasteiger partial charge in [-0.25, -0.2) is 0 Å². The van der Waals surface area contributed by atoms with Gasteiger partial charge >= 0.3 is 0 Å². The normalized spacial score (nSPS) is 11.6. The average Bonchev–Trinajstić information content (AvgIpc) is 2.37. The number of hydrogen-bond acceptors (Lipinski definition) is 1. The van der Waals surface area contributed by atoms with Crippen LogP contribution in [0.15, 0.2) is 53.4 Å². The lowest BCUT2D eigenvalue weighted by atomic mass is 9.87. The van der Waals surface area contributed by atoms with E-state index in [2.05, 4.69) is 76.2 Å². The third kappa shape index (κ3) is 3.87. The number of thioether (sulfide) groups is 1. The lowest BCUT2D eigenvalue weighted by Gasteiger charge is -2.20. The number of hydrogen-bond donors (Lipinski definition) is 0. The van der Waals surface area contributed by atoms with E-state index in [4.69, 9.17) is 0 Å². The summed E-state index contributed by atoms with van der Waals surface area (Å²) in [4.78, 5) is 1.40. The molecular formula is C18H22S. The van der Waals surface area contributed by atoms with Gasteiger partial charge in [0.15, 0.2) is 0 Å². The maximum atomic E-state index is 2.35. The van der Waals surface area contributed by atoms with Crippen LogP contribution in [0.4, 0.5) is 0 Å². The zero-order valence-electron chi connectivity index (χ0n) is 12.2. The molecule has 2 aromatic carbocycles. The molecule has 0 radical (unpaired) electrons. The van der Waals surface area contributed by atoms with Crippen molar-refractivity contribution in [3.63, 3.8) is 0 Å². The van der Waals surface area contributed by atoms with Crippen LogP contribution >= 0.6 is 11.8 Å². The van der Waals surface area contributed by atoms with Crippen molar-refractivity contribution in [1.82, 2.24) is 0 Å². The average molecular weight is 270 g/mol. The zero-order chi connectivity index (χ0) is 13.9. The summed E-state index contributed by atoms with van der Waals surface area (Å²) >= 11 is 1.93. The topological polar surface area (TPSA) is 0 Å². The molecule has 2 rings (SSSR count). The predicted octanol–water partition coefficient (Wildman–Crippen LogP) is 5.58. The standard InChI is InChI=1S/C18H22S/c1-14-10-11-16(18(2,3)4)12-17(14)19-13-15-8-6-5-7-9-15/h5-12H,13H2,1-4H3. The molecule has 0 spiro atoms.